The molecule has 0 saturated heterocycles. The zero-order chi connectivity index (χ0) is 21.1. The van der Waals surface area contributed by atoms with Gasteiger partial charge in [0.05, 0.1) is 23.5 Å². The van der Waals surface area contributed by atoms with Crippen LogP contribution in [0.1, 0.15) is 59.4 Å². The van der Waals surface area contributed by atoms with Gasteiger partial charge >= 0.3 is 5.97 Å². The van der Waals surface area contributed by atoms with Gasteiger partial charge in [0, 0.05) is 12.5 Å². The number of hydrogen-bond donors (Lipinski definition) is 0. The number of para-hydroxylation sites is 2. The van der Waals surface area contributed by atoms with Gasteiger partial charge in [-0.15, -0.1) is 5.10 Å². The van der Waals surface area contributed by atoms with E-state index in [1.807, 2.05) is 37.3 Å². The van der Waals surface area contributed by atoms with Crippen LogP contribution in [0.4, 0.5) is 5.69 Å². The molecule has 0 unspecified atom stereocenters. The number of benzene rings is 2. The summed E-state index contributed by atoms with van der Waals surface area (Å²) in [6.07, 6.45) is 2.09. The molecule has 154 valence electrons. The van der Waals surface area contributed by atoms with Crippen LogP contribution in [0.3, 0.4) is 0 Å². The van der Waals surface area contributed by atoms with Crippen molar-refractivity contribution in [2.24, 2.45) is 0 Å². The van der Waals surface area contributed by atoms with Crippen molar-refractivity contribution in [1.82, 2.24) is 14.8 Å². The Labute approximate surface area is 175 Å². The van der Waals surface area contributed by atoms with Crippen molar-refractivity contribution in [3.05, 3.63) is 71.8 Å². The zero-order valence-electron chi connectivity index (χ0n) is 17.1. The van der Waals surface area contributed by atoms with Crippen LogP contribution < -0.4 is 4.90 Å². The molecule has 3 aromatic rings. The van der Waals surface area contributed by atoms with Gasteiger partial charge < -0.3 is 9.64 Å². The first kappa shape index (κ1) is 19.8. The van der Waals surface area contributed by atoms with Gasteiger partial charge in [0.25, 0.3) is 5.91 Å². The van der Waals surface area contributed by atoms with Crippen LogP contribution in [-0.4, -0.2) is 39.8 Å². The lowest BCUT2D eigenvalue weighted by atomic mass is 10.1. The van der Waals surface area contributed by atoms with E-state index >= 15 is 0 Å². The molecule has 0 aliphatic heterocycles. The summed E-state index contributed by atoms with van der Waals surface area (Å²) < 4.78 is 6.92. The van der Waals surface area contributed by atoms with Crippen molar-refractivity contribution >= 4 is 17.6 Å². The molecule has 0 spiro atoms. The molecule has 0 N–H and O–H groups in total. The van der Waals surface area contributed by atoms with Crippen LogP contribution in [0.15, 0.2) is 54.6 Å². The number of nitrogens with zero attached hydrogens (tertiary/aromatic N) is 4. The van der Waals surface area contributed by atoms with E-state index in [4.69, 9.17) is 4.74 Å². The van der Waals surface area contributed by atoms with Crippen LogP contribution in [-0.2, 0) is 4.74 Å². The van der Waals surface area contributed by atoms with Crippen molar-refractivity contribution in [1.29, 1.82) is 0 Å². The number of rotatable bonds is 7. The minimum Gasteiger partial charge on any atom is -0.462 e. The Hall–Kier alpha value is -3.48. The van der Waals surface area contributed by atoms with Crippen LogP contribution in [0.25, 0.3) is 5.69 Å². The Morgan fingerprint density at radius 2 is 1.77 bits per heavy atom. The third kappa shape index (κ3) is 3.83. The number of esters is 1. The normalized spacial score (nSPS) is 13.1. The summed E-state index contributed by atoms with van der Waals surface area (Å²) in [5, 5.41) is 4.55. The van der Waals surface area contributed by atoms with Crippen LogP contribution in [0.2, 0.25) is 0 Å². The molecule has 7 nitrogen and oxygen atoms in total. The molecule has 0 bridgehead atoms. The molecule has 2 aromatic carbocycles. The van der Waals surface area contributed by atoms with Gasteiger partial charge in [0.15, 0.2) is 0 Å². The predicted molar refractivity (Wildman–Crippen MR) is 113 cm³/mol. The summed E-state index contributed by atoms with van der Waals surface area (Å²) in [5.74, 6) is 0.452. The molecule has 30 heavy (non-hydrogen) atoms. The molecular formula is C23H24N4O3. The lowest BCUT2D eigenvalue weighted by Gasteiger charge is -2.21. The second-order valence-electron chi connectivity index (χ2n) is 7.10. The minimum absolute atomic E-state index is 0.126. The van der Waals surface area contributed by atoms with Crippen LogP contribution in [0, 0.1) is 0 Å². The molecule has 1 aromatic heterocycles. The summed E-state index contributed by atoms with van der Waals surface area (Å²) in [4.78, 5) is 31.9. The summed E-state index contributed by atoms with van der Waals surface area (Å²) in [6, 6.07) is 16.6. The van der Waals surface area contributed by atoms with Gasteiger partial charge in [0.1, 0.15) is 5.82 Å². The lowest BCUT2D eigenvalue weighted by Crippen LogP contribution is -2.33. The summed E-state index contributed by atoms with van der Waals surface area (Å²) >= 11 is 0. The van der Waals surface area contributed by atoms with Gasteiger partial charge in [-0.05, 0) is 51.0 Å². The summed E-state index contributed by atoms with van der Waals surface area (Å²) in [7, 11) is 0. The molecule has 0 radical (unpaired) electrons. The average molecular weight is 404 g/mol. The third-order valence-corrected chi connectivity index (χ3v) is 5.02. The van der Waals surface area contributed by atoms with Crippen LogP contribution >= 0.6 is 0 Å². The Morgan fingerprint density at radius 3 is 2.43 bits per heavy atom. The van der Waals surface area contributed by atoms with Gasteiger partial charge in [-0.3, -0.25) is 4.79 Å². The number of anilines is 1. The second-order valence-corrected chi connectivity index (χ2v) is 7.10. The molecule has 0 atom stereocenters. The smallest absolute Gasteiger partial charge is 0.340 e. The number of carbonyl (C=O) groups is 2. The highest BCUT2D eigenvalue weighted by molar-refractivity contribution is 6.07. The SMILES string of the molecule is CCOC(=O)c1ccccc1N(CC)C(=O)c1nc(C2CC2)n(-c2ccccc2)n1. The van der Waals surface area contributed by atoms with Crippen LogP contribution in [0.5, 0.6) is 0 Å². The fraction of sp³-hybridized carbons (Fsp3) is 0.304. The van der Waals surface area contributed by atoms with E-state index in [1.54, 1.807) is 35.9 Å². The maximum atomic E-state index is 13.4. The molecule has 1 saturated carbocycles. The van der Waals surface area contributed by atoms with Gasteiger partial charge in [0.2, 0.25) is 5.82 Å². The first-order valence-corrected chi connectivity index (χ1v) is 10.2. The predicted octanol–water partition coefficient (Wildman–Crippen LogP) is 3.99. The maximum absolute atomic E-state index is 13.4. The van der Waals surface area contributed by atoms with Crippen molar-refractivity contribution in [3.8, 4) is 5.69 Å². The molecular weight excluding hydrogens is 380 g/mol. The highest BCUT2D eigenvalue weighted by Crippen LogP contribution is 2.40. The maximum Gasteiger partial charge on any atom is 0.340 e. The Bertz CT molecular complexity index is 1060. The summed E-state index contributed by atoms with van der Waals surface area (Å²) in [5.41, 5.74) is 1.72. The van der Waals surface area contributed by atoms with E-state index in [9.17, 15) is 9.59 Å². The number of carbonyl (C=O) groups excluding carboxylic acids is 2. The van der Waals surface area contributed by atoms with Crippen molar-refractivity contribution < 1.29 is 14.3 Å². The molecule has 1 aliphatic rings. The highest BCUT2D eigenvalue weighted by Gasteiger charge is 2.33. The Balaban J connectivity index is 1.72. The number of ether oxygens (including phenoxy) is 1. The quantitative estimate of drug-likeness (QED) is 0.557. The molecule has 1 amide bonds. The number of hydrogen-bond acceptors (Lipinski definition) is 5. The first-order valence-electron chi connectivity index (χ1n) is 10.2. The topological polar surface area (TPSA) is 77.3 Å². The van der Waals surface area contributed by atoms with Crippen molar-refractivity contribution in [2.75, 3.05) is 18.1 Å². The van der Waals surface area contributed by atoms with E-state index in [1.165, 1.54) is 4.90 Å². The molecule has 7 heteroatoms. The number of aromatic nitrogens is 3. The van der Waals surface area contributed by atoms with Crippen molar-refractivity contribution in [3.63, 3.8) is 0 Å². The monoisotopic (exact) mass is 404 g/mol. The first-order chi connectivity index (χ1) is 14.6. The van der Waals surface area contributed by atoms with Crippen molar-refractivity contribution in [2.45, 2.75) is 32.6 Å². The number of amides is 1. The Morgan fingerprint density at radius 1 is 1.07 bits per heavy atom. The van der Waals surface area contributed by atoms with E-state index in [0.29, 0.717) is 23.7 Å². The van der Waals surface area contributed by atoms with Gasteiger partial charge in [-0.25, -0.2) is 14.5 Å². The molecule has 4 rings (SSSR count). The fourth-order valence-electron chi connectivity index (χ4n) is 3.41. The largest absolute Gasteiger partial charge is 0.462 e. The lowest BCUT2D eigenvalue weighted by molar-refractivity contribution is 0.0527. The molecule has 1 aliphatic carbocycles. The zero-order valence-corrected chi connectivity index (χ0v) is 17.1. The van der Waals surface area contributed by atoms with Gasteiger partial charge in [-0.2, -0.15) is 0 Å². The van der Waals surface area contributed by atoms with E-state index < -0.39 is 5.97 Å². The van der Waals surface area contributed by atoms with E-state index in [2.05, 4.69) is 10.1 Å². The minimum atomic E-state index is -0.458. The second kappa shape index (κ2) is 8.49. The molecule has 1 heterocycles. The van der Waals surface area contributed by atoms with E-state index in [0.717, 1.165) is 24.4 Å². The fourth-order valence-corrected chi connectivity index (χ4v) is 3.41. The van der Waals surface area contributed by atoms with Gasteiger partial charge in [-0.1, -0.05) is 30.3 Å². The Kier molecular flexibility index (Phi) is 5.61. The summed E-state index contributed by atoms with van der Waals surface area (Å²) in [6.45, 7) is 4.24. The standard InChI is InChI=1S/C23H24N4O3/c1-3-26(19-13-9-8-12-18(19)23(29)30-4-2)22(28)20-24-21(16-14-15-16)27(25-20)17-10-6-5-7-11-17/h5-13,16H,3-4,14-15H2,1-2H3. The molecule has 1 fully saturated rings. The highest BCUT2D eigenvalue weighted by atomic mass is 16.5. The average Bonchev–Trinajstić information content (AvgIpc) is 3.53. The third-order valence-electron chi connectivity index (χ3n) is 5.02. The van der Waals surface area contributed by atoms with E-state index in [-0.39, 0.29) is 18.3 Å².